The number of hydrogen-bond donors (Lipinski definition) is 1. The van der Waals surface area contributed by atoms with Gasteiger partial charge in [0.15, 0.2) is 0 Å². The zero-order valence-corrected chi connectivity index (χ0v) is 11.2. The number of carboxylic acid groups (broad SMARTS) is 1. The van der Waals surface area contributed by atoms with E-state index in [-0.39, 0.29) is 18.5 Å². The van der Waals surface area contributed by atoms with Crippen LogP contribution in [-0.2, 0) is 4.79 Å². The molecule has 0 saturated carbocycles. The van der Waals surface area contributed by atoms with Crippen LogP contribution < -0.4 is 0 Å². The molecule has 0 radical (unpaired) electrons. The third-order valence-corrected chi connectivity index (χ3v) is 3.83. The summed E-state index contributed by atoms with van der Waals surface area (Å²) in [6.45, 7) is 3.42. The average molecular weight is 276 g/mol. The Kier molecular flexibility index (Phi) is 4.96. The van der Waals surface area contributed by atoms with Gasteiger partial charge in [-0.15, -0.1) is 11.3 Å². The first kappa shape index (κ1) is 14.0. The monoisotopic (exact) mass is 275 g/mol. The number of amides is 1. The molecule has 94 valence electrons. The molecule has 4 nitrogen and oxygen atoms in total. The van der Waals surface area contributed by atoms with E-state index < -0.39 is 5.97 Å². The summed E-state index contributed by atoms with van der Waals surface area (Å²) < 4.78 is 0. The lowest BCUT2D eigenvalue weighted by Crippen LogP contribution is -2.41. The van der Waals surface area contributed by atoms with E-state index in [9.17, 15) is 9.59 Å². The van der Waals surface area contributed by atoms with Crippen LogP contribution in [0.25, 0.3) is 0 Å². The highest BCUT2D eigenvalue weighted by atomic mass is 35.5. The van der Waals surface area contributed by atoms with Crippen LogP contribution in [0.5, 0.6) is 0 Å². The lowest BCUT2D eigenvalue weighted by molar-refractivity contribution is -0.138. The predicted molar refractivity (Wildman–Crippen MR) is 67.8 cm³/mol. The van der Waals surface area contributed by atoms with Gasteiger partial charge in [-0.1, -0.05) is 18.5 Å². The van der Waals surface area contributed by atoms with Crippen LogP contribution in [0.15, 0.2) is 11.4 Å². The van der Waals surface area contributed by atoms with E-state index in [1.807, 2.05) is 13.8 Å². The van der Waals surface area contributed by atoms with Gasteiger partial charge in [-0.05, 0) is 24.8 Å². The molecule has 17 heavy (non-hydrogen) atoms. The van der Waals surface area contributed by atoms with E-state index in [2.05, 4.69) is 0 Å². The molecular formula is C11H14ClNO3S. The third-order valence-electron chi connectivity index (χ3n) is 2.50. The summed E-state index contributed by atoms with van der Waals surface area (Å²) in [6, 6.07) is 1.51. The summed E-state index contributed by atoms with van der Waals surface area (Å²) in [5.41, 5.74) is 0. The Balaban J connectivity index is 2.94. The highest BCUT2D eigenvalue weighted by Gasteiger charge is 2.25. The van der Waals surface area contributed by atoms with Gasteiger partial charge in [-0.25, -0.2) is 0 Å². The minimum Gasteiger partial charge on any atom is -0.480 e. The van der Waals surface area contributed by atoms with Crippen molar-refractivity contribution in [3.63, 3.8) is 0 Å². The van der Waals surface area contributed by atoms with E-state index in [1.54, 1.807) is 11.4 Å². The fraction of sp³-hybridized carbons (Fsp3) is 0.455. The van der Waals surface area contributed by atoms with Crippen molar-refractivity contribution in [3.05, 3.63) is 21.3 Å². The van der Waals surface area contributed by atoms with Crippen LogP contribution in [-0.4, -0.2) is 34.5 Å². The van der Waals surface area contributed by atoms with Crippen LogP contribution in [0.1, 0.15) is 29.9 Å². The van der Waals surface area contributed by atoms with Crippen molar-refractivity contribution < 1.29 is 14.7 Å². The number of thiophene rings is 1. The summed E-state index contributed by atoms with van der Waals surface area (Å²) in [4.78, 5) is 24.6. The smallest absolute Gasteiger partial charge is 0.323 e. The topological polar surface area (TPSA) is 57.6 Å². The minimum atomic E-state index is -1.02. The SMILES string of the molecule is CCC(C)N(CC(=O)O)C(=O)c1sccc1Cl. The zero-order chi connectivity index (χ0) is 13.0. The molecule has 0 fully saturated rings. The fourth-order valence-corrected chi connectivity index (χ4v) is 2.46. The number of carbonyl (C=O) groups excluding carboxylic acids is 1. The van der Waals surface area contributed by atoms with E-state index in [0.717, 1.165) is 0 Å². The van der Waals surface area contributed by atoms with Gasteiger partial charge in [0.1, 0.15) is 11.4 Å². The number of rotatable bonds is 5. The Labute approximate surface area is 109 Å². The molecule has 1 aromatic heterocycles. The Morgan fingerprint density at radius 1 is 1.59 bits per heavy atom. The molecule has 0 aromatic carbocycles. The van der Waals surface area contributed by atoms with Gasteiger partial charge in [0.25, 0.3) is 5.91 Å². The van der Waals surface area contributed by atoms with Crippen LogP contribution in [0.2, 0.25) is 5.02 Å². The zero-order valence-electron chi connectivity index (χ0n) is 9.64. The predicted octanol–water partition coefficient (Wildman–Crippen LogP) is 2.73. The Morgan fingerprint density at radius 2 is 2.24 bits per heavy atom. The molecule has 1 aromatic rings. The Hall–Kier alpha value is -1.07. The van der Waals surface area contributed by atoms with Crippen molar-refractivity contribution in [2.75, 3.05) is 6.54 Å². The van der Waals surface area contributed by atoms with E-state index in [4.69, 9.17) is 16.7 Å². The molecule has 0 aliphatic carbocycles. The number of carboxylic acids is 1. The molecule has 0 aliphatic heterocycles. The first-order valence-electron chi connectivity index (χ1n) is 5.23. The highest BCUT2D eigenvalue weighted by molar-refractivity contribution is 7.12. The van der Waals surface area contributed by atoms with Gasteiger partial charge in [0.2, 0.25) is 0 Å². The summed E-state index contributed by atoms with van der Waals surface area (Å²) in [5.74, 6) is -1.34. The summed E-state index contributed by atoms with van der Waals surface area (Å²) in [5, 5.41) is 10.9. The maximum atomic E-state index is 12.2. The van der Waals surface area contributed by atoms with Crippen LogP contribution in [0, 0.1) is 0 Å². The van der Waals surface area contributed by atoms with Crippen molar-refractivity contribution in [3.8, 4) is 0 Å². The normalized spacial score (nSPS) is 12.2. The van der Waals surface area contributed by atoms with Crippen LogP contribution in [0.4, 0.5) is 0 Å². The van der Waals surface area contributed by atoms with E-state index in [1.165, 1.54) is 16.2 Å². The Bertz CT molecular complexity index is 419. The van der Waals surface area contributed by atoms with Crippen molar-refractivity contribution >= 4 is 34.8 Å². The molecule has 1 rings (SSSR count). The average Bonchev–Trinajstić information content (AvgIpc) is 2.70. The molecule has 1 atom stereocenters. The highest BCUT2D eigenvalue weighted by Crippen LogP contribution is 2.24. The maximum Gasteiger partial charge on any atom is 0.323 e. The standard InChI is InChI=1S/C11H14ClNO3S/c1-3-7(2)13(6-9(14)15)11(16)10-8(12)4-5-17-10/h4-5,7H,3,6H2,1-2H3,(H,14,15). The van der Waals surface area contributed by atoms with Gasteiger partial charge in [-0.2, -0.15) is 0 Å². The first-order chi connectivity index (χ1) is 7.97. The number of nitrogens with zero attached hydrogens (tertiary/aromatic N) is 1. The third kappa shape index (κ3) is 3.44. The minimum absolute atomic E-state index is 0.128. The van der Waals surface area contributed by atoms with Gasteiger partial charge < -0.3 is 10.0 Å². The molecule has 6 heteroatoms. The summed E-state index contributed by atoms with van der Waals surface area (Å²) in [6.07, 6.45) is 0.696. The largest absolute Gasteiger partial charge is 0.480 e. The summed E-state index contributed by atoms with van der Waals surface area (Å²) >= 11 is 7.10. The molecular weight excluding hydrogens is 262 g/mol. The van der Waals surface area contributed by atoms with Crippen molar-refractivity contribution in [1.29, 1.82) is 0 Å². The number of halogens is 1. The van der Waals surface area contributed by atoms with Crippen LogP contribution >= 0.6 is 22.9 Å². The van der Waals surface area contributed by atoms with Gasteiger partial charge in [0.05, 0.1) is 5.02 Å². The molecule has 0 aliphatic rings. The maximum absolute atomic E-state index is 12.2. The fourth-order valence-electron chi connectivity index (χ4n) is 1.37. The number of carbonyl (C=O) groups is 2. The van der Waals surface area contributed by atoms with Gasteiger partial charge in [0, 0.05) is 6.04 Å². The molecule has 1 unspecified atom stereocenters. The lowest BCUT2D eigenvalue weighted by Gasteiger charge is -2.26. The van der Waals surface area contributed by atoms with Crippen molar-refractivity contribution in [2.24, 2.45) is 0 Å². The second-order valence-electron chi connectivity index (χ2n) is 3.68. The van der Waals surface area contributed by atoms with E-state index >= 15 is 0 Å². The van der Waals surface area contributed by atoms with E-state index in [0.29, 0.717) is 16.3 Å². The molecule has 1 N–H and O–H groups in total. The second kappa shape index (κ2) is 6.02. The summed E-state index contributed by atoms with van der Waals surface area (Å²) in [7, 11) is 0. The lowest BCUT2D eigenvalue weighted by atomic mass is 10.2. The molecule has 0 spiro atoms. The first-order valence-corrected chi connectivity index (χ1v) is 6.48. The molecule has 0 bridgehead atoms. The number of aliphatic carboxylic acids is 1. The quantitative estimate of drug-likeness (QED) is 0.899. The van der Waals surface area contributed by atoms with Crippen LogP contribution in [0.3, 0.4) is 0 Å². The Morgan fingerprint density at radius 3 is 2.65 bits per heavy atom. The molecule has 1 heterocycles. The van der Waals surface area contributed by atoms with Gasteiger partial charge in [-0.3, -0.25) is 9.59 Å². The van der Waals surface area contributed by atoms with Crippen molar-refractivity contribution in [2.45, 2.75) is 26.3 Å². The second-order valence-corrected chi connectivity index (χ2v) is 5.01. The van der Waals surface area contributed by atoms with Crippen molar-refractivity contribution in [1.82, 2.24) is 4.90 Å². The number of hydrogen-bond acceptors (Lipinski definition) is 3. The molecule has 1 amide bonds. The van der Waals surface area contributed by atoms with Gasteiger partial charge >= 0.3 is 5.97 Å². The molecule has 0 saturated heterocycles.